The highest BCUT2D eigenvalue weighted by Gasteiger charge is 2.13. The lowest BCUT2D eigenvalue weighted by atomic mass is 10.2. The average Bonchev–Trinajstić information content (AvgIpc) is 2.79. The zero-order valence-corrected chi connectivity index (χ0v) is 17.3. The van der Waals surface area contributed by atoms with E-state index in [4.69, 9.17) is 0 Å². The van der Waals surface area contributed by atoms with Gasteiger partial charge in [-0.1, -0.05) is 24.3 Å². The maximum absolute atomic E-state index is 13.5. The number of thioether (sulfide) groups is 1. The smallest absolute Gasteiger partial charge is 0.259 e. The summed E-state index contributed by atoms with van der Waals surface area (Å²) in [7, 11) is 0. The lowest BCUT2D eigenvalue weighted by Crippen LogP contribution is -2.14. The molecular formula is C24H19FN4OS. The third kappa shape index (κ3) is 5.67. The van der Waals surface area contributed by atoms with Crippen LogP contribution in [0, 0.1) is 5.82 Å². The molecule has 0 aliphatic carbocycles. The van der Waals surface area contributed by atoms with Gasteiger partial charge in [-0.25, -0.2) is 14.4 Å². The SMILES string of the molecule is O=C(Nc1cccc(CSc2ccccn2)c1)c1cccnc1Nc1cccc(F)c1. The molecule has 4 rings (SSSR count). The Balaban J connectivity index is 1.46. The number of amides is 1. The van der Waals surface area contributed by atoms with Crippen LogP contribution in [-0.2, 0) is 5.75 Å². The first kappa shape index (κ1) is 20.6. The van der Waals surface area contributed by atoms with E-state index in [1.54, 1.807) is 48.4 Å². The summed E-state index contributed by atoms with van der Waals surface area (Å²) in [5.74, 6) is 0.418. The predicted molar refractivity (Wildman–Crippen MR) is 122 cm³/mol. The van der Waals surface area contributed by atoms with Crippen LogP contribution in [0.3, 0.4) is 0 Å². The fourth-order valence-corrected chi connectivity index (χ4v) is 3.72. The van der Waals surface area contributed by atoms with Crippen LogP contribution in [-0.4, -0.2) is 15.9 Å². The van der Waals surface area contributed by atoms with E-state index in [-0.39, 0.29) is 11.7 Å². The highest BCUT2D eigenvalue weighted by Crippen LogP contribution is 2.24. The van der Waals surface area contributed by atoms with Crippen LogP contribution in [0.25, 0.3) is 0 Å². The molecule has 0 spiro atoms. The molecule has 4 aromatic rings. The van der Waals surface area contributed by atoms with Crippen molar-refractivity contribution in [2.24, 2.45) is 0 Å². The number of hydrogen-bond donors (Lipinski definition) is 2. The van der Waals surface area contributed by atoms with E-state index in [9.17, 15) is 9.18 Å². The summed E-state index contributed by atoms with van der Waals surface area (Å²) >= 11 is 1.63. The van der Waals surface area contributed by atoms with Crippen LogP contribution in [0.15, 0.2) is 96.3 Å². The van der Waals surface area contributed by atoms with E-state index < -0.39 is 0 Å². The lowest BCUT2D eigenvalue weighted by Gasteiger charge is -2.12. The van der Waals surface area contributed by atoms with E-state index in [1.807, 2.05) is 42.5 Å². The minimum Gasteiger partial charge on any atom is -0.339 e. The molecule has 1 amide bonds. The van der Waals surface area contributed by atoms with Crippen molar-refractivity contribution in [3.63, 3.8) is 0 Å². The van der Waals surface area contributed by atoms with Gasteiger partial charge in [0.05, 0.1) is 10.6 Å². The van der Waals surface area contributed by atoms with Crippen molar-refractivity contribution in [3.05, 3.63) is 108 Å². The van der Waals surface area contributed by atoms with Crippen molar-refractivity contribution >= 4 is 34.9 Å². The Morgan fingerprint density at radius 2 is 1.71 bits per heavy atom. The minimum atomic E-state index is -0.368. The molecule has 0 aliphatic heterocycles. The summed E-state index contributed by atoms with van der Waals surface area (Å²) in [6.45, 7) is 0. The van der Waals surface area contributed by atoms with Crippen LogP contribution in [0.4, 0.5) is 21.6 Å². The number of nitrogens with one attached hydrogen (secondary N) is 2. The molecule has 0 aliphatic rings. The van der Waals surface area contributed by atoms with Crippen molar-refractivity contribution in [3.8, 4) is 0 Å². The third-order valence-electron chi connectivity index (χ3n) is 4.35. The maximum Gasteiger partial charge on any atom is 0.259 e. The Bertz CT molecular complexity index is 1190. The molecule has 0 saturated heterocycles. The first-order valence-electron chi connectivity index (χ1n) is 9.59. The van der Waals surface area contributed by atoms with E-state index in [0.717, 1.165) is 16.3 Å². The zero-order valence-electron chi connectivity index (χ0n) is 16.5. The van der Waals surface area contributed by atoms with Crippen molar-refractivity contribution < 1.29 is 9.18 Å². The molecule has 0 atom stereocenters. The molecule has 0 bridgehead atoms. The second-order valence-corrected chi connectivity index (χ2v) is 7.64. The molecule has 0 fully saturated rings. The largest absolute Gasteiger partial charge is 0.339 e. The Kier molecular flexibility index (Phi) is 6.54. The van der Waals surface area contributed by atoms with Crippen LogP contribution < -0.4 is 10.6 Å². The fraction of sp³-hybridized carbons (Fsp3) is 0.0417. The Labute approximate surface area is 183 Å². The van der Waals surface area contributed by atoms with Gasteiger partial charge >= 0.3 is 0 Å². The number of anilines is 3. The number of halogens is 1. The second kappa shape index (κ2) is 9.86. The number of carbonyl (C=O) groups is 1. The molecule has 7 heteroatoms. The van der Waals surface area contributed by atoms with Gasteiger partial charge in [0.25, 0.3) is 5.91 Å². The summed E-state index contributed by atoms with van der Waals surface area (Å²) < 4.78 is 13.5. The van der Waals surface area contributed by atoms with Gasteiger partial charge in [0.15, 0.2) is 0 Å². The number of rotatable bonds is 7. The molecule has 0 unspecified atom stereocenters. The number of benzene rings is 2. The van der Waals surface area contributed by atoms with Gasteiger partial charge in [0.2, 0.25) is 0 Å². The van der Waals surface area contributed by atoms with Gasteiger partial charge in [0.1, 0.15) is 11.6 Å². The zero-order chi connectivity index (χ0) is 21.5. The Hall–Kier alpha value is -3.71. The molecule has 5 nitrogen and oxygen atoms in total. The average molecular weight is 431 g/mol. The van der Waals surface area contributed by atoms with E-state index in [1.165, 1.54) is 12.1 Å². The number of pyridine rings is 2. The van der Waals surface area contributed by atoms with Crippen LogP contribution in [0.1, 0.15) is 15.9 Å². The maximum atomic E-state index is 13.5. The molecule has 0 radical (unpaired) electrons. The molecule has 0 saturated carbocycles. The normalized spacial score (nSPS) is 10.5. The number of nitrogens with zero attached hydrogens (tertiary/aromatic N) is 2. The molecule has 31 heavy (non-hydrogen) atoms. The third-order valence-corrected chi connectivity index (χ3v) is 5.36. The van der Waals surface area contributed by atoms with Gasteiger partial charge in [-0.05, 0) is 60.2 Å². The first-order chi connectivity index (χ1) is 15.2. The number of hydrogen-bond acceptors (Lipinski definition) is 5. The quantitative estimate of drug-likeness (QED) is 0.357. The van der Waals surface area contributed by atoms with Crippen molar-refractivity contribution in [2.45, 2.75) is 10.8 Å². The van der Waals surface area contributed by atoms with Gasteiger partial charge in [-0.15, -0.1) is 11.8 Å². The summed E-state index contributed by atoms with van der Waals surface area (Å²) in [6.07, 6.45) is 3.34. The molecule has 154 valence electrons. The monoisotopic (exact) mass is 430 g/mol. The topological polar surface area (TPSA) is 66.9 Å². The summed E-state index contributed by atoms with van der Waals surface area (Å²) in [6, 6.07) is 22.8. The molecular weight excluding hydrogens is 411 g/mol. The Morgan fingerprint density at radius 1 is 0.871 bits per heavy atom. The van der Waals surface area contributed by atoms with E-state index in [0.29, 0.717) is 22.8 Å². The second-order valence-electron chi connectivity index (χ2n) is 6.65. The summed E-state index contributed by atoms with van der Waals surface area (Å²) in [5.41, 5.74) is 2.63. The summed E-state index contributed by atoms with van der Waals surface area (Å²) in [5, 5.41) is 6.87. The van der Waals surface area contributed by atoms with Crippen LogP contribution in [0.2, 0.25) is 0 Å². The number of aromatic nitrogens is 2. The van der Waals surface area contributed by atoms with E-state index in [2.05, 4.69) is 20.6 Å². The molecule has 2 heterocycles. The molecule has 2 N–H and O–H groups in total. The van der Waals surface area contributed by atoms with Gasteiger partial charge in [0, 0.05) is 29.5 Å². The number of carbonyl (C=O) groups excluding carboxylic acids is 1. The van der Waals surface area contributed by atoms with Gasteiger partial charge in [-0.2, -0.15) is 0 Å². The highest BCUT2D eigenvalue weighted by molar-refractivity contribution is 7.98. The van der Waals surface area contributed by atoms with Gasteiger partial charge < -0.3 is 10.6 Å². The van der Waals surface area contributed by atoms with E-state index >= 15 is 0 Å². The standard InChI is InChI=1S/C24H19FN4OS/c25-18-7-4-9-20(15-18)28-23-21(10-5-13-27-23)24(30)29-19-8-3-6-17(14-19)16-31-22-11-1-2-12-26-22/h1-15H,16H2,(H,27,28)(H,29,30). The van der Waals surface area contributed by atoms with Crippen LogP contribution in [0.5, 0.6) is 0 Å². The molecule has 2 aromatic heterocycles. The first-order valence-corrected chi connectivity index (χ1v) is 10.6. The Morgan fingerprint density at radius 3 is 2.55 bits per heavy atom. The lowest BCUT2D eigenvalue weighted by molar-refractivity contribution is 0.102. The van der Waals surface area contributed by atoms with Gasteiger partial charge in [-0.3, -0.25) is 4.79 Å². The molecule has 2 aromatic carbocycles. The fourth-order valence-electron chi connectivity index (χ4n) is 2.92. The van der Waals surface area contributed by atoms with Crippen molar-refractivity contribution in [2.75, 3.05) is 10.6 Å². The predicted octanol–water partition coefficient (Wildman–Crippen LogP) is 5.90. The minimum absolute atomic E-state index is 0.304. The summed E-state index contributed by atoms with van der Waals surface area (Å²) in [4.78, 5) is 21.5. The van der Waals surface area contributed by atoms with Crippen molar-refractivity contribution in [1.82, 2.24) is 9.97 Å². The van der Waals surface area contributed by atoms with Crippen molar-refractivity contribution in [1.29, 1.82) is 0 Å². The van der Waals surface area contributed by atoms with Crippen LogP contribution >= 0.6 is 11.8 Å². The highest BCUT2D eigenvalue weighted by atomic mass is 32.2.